The fourth-order valence-electron chi connectivity index (χ4n) is 0.781. The molecule has 6 heteroatoms. The zero-order chi connectivity index (χ0) is 9.35. The lowest BCUT2D eigenvalue weighted by Crippen LogP contribution is -2.15. The monoisotopic (exact) mass is 187 g/mol. The first-order chi connectivity index (χ1) is 5.41. The third kappa shape index (κ3) is 1.72. The van der Waals surface area contributed by atoms with Crippen LogP contribution in [0.2, 0.25) is 0 Å². The molecule has 0 aromatic carbocycles. The van der Waals surface area contributed by atoms with Crippen molar-refractivity contribution in [2.45, 2.75) is 11.8 Å². The molecule has 0 aliphatic rings. The highest BCUT2D eigenvalue weighted by molar-refractivity contribution is 7.89. The highest BCUT2D eigenvalue weighted by Gasteiger charge is 2.12. The number of nitrogens with zero attached hydrogens (tertiary/aromatic N) is 1. The van der Waals surface area contributed by atoms with Gasteiger partial charge in [-0.25, -0.2) is 18.5 Å². The number of aromatic nitrogens is 1. The first kappa shape index (κ1) is 8.95. The van der Waals surface area contributed by atoms with Crippen molar-refractivity contribution in [1.29, 1.82) is 0 Å². The fourth-order valence-corrected chi connectivity index (χ4v) is 1.48. The van der Waals surface area contributed by atoms with Crippen LogP contribution in [0, 0.1) is 6.92 Å². The van der Waals surface area contributed by atoms with Gasteiger partial charge in [-0.15, -0.1) is 0 Å². The van der Waals surface area contributed by atoms with Crippen LogP contribution in [-0.2, 0) is 10.0 Å². The molecule has 0 unspecified atom stereocenters. The summed E-state index contributed by atoms with van der Waals surface area (Å²) in [5, 5.41) is 4.88. The van der Waals surface area contributed by atoms with Gasteiger partial charge in [0.05, 0.1) is 0 Å². The van der Waals surface area contributed by atoms with Crippen molar-refractivity contribution < 1.29 is 8.42 Å². The maximum atomic E-state index is 10.9. The number of nitrogens with two attached hydrogens (primary N) is 2. The summed E-state index contributed by atoms with van der Waals surface area (Å²) >= 11 is 0. The average molecular weight is 187 g/mol. The predicted octanol–water partition coefficient (Wildman–Crippen LogP) is -0.380. The molecule has 1 heterocycles. The van der Waals surface area contributed by atoms with Gasteiger partial charge in [-0.1, -0.05) is 0 Å². The summed E-state index contributed by atoms with van der Waals surface area (Å²) in [6, 6.07) is 1.39. The molecule has 0 aliphatic carbocycles. The minimum absolute atomic E-state index is 0.0666. The normalized spacial score (nSPS) is 11.5. The Bertz CT molecular complexity index is 399. The molecular weight excluding hydrogens is 178 g/mol. The van der Waals surface area contributed by atoms with E-state index < -0.39 is 10.0 Å². The Morgan fingerprint density at radius 1 is 1.50 bits per heavy atom. The molecule has 1 aromatic rings. The van der Waals surface area contributed by atoms with E-state index in [0.29, 0.717) is 5.56 Å². The molecule has 0 spiro atoms. The van der Waals surface area contributed by atoms with Crippen molar-refractivity contribution in [2.24, 2.45) is 5.14 Å². The Morgan fingerprint density at radius 3 is 2.50 bits per heavy atom. The van der Waals surface area contributed by atoms with E-state index in [0.717, 1.165) is 0 Å². The molecule has 0 fully saturated rings. The number of sulfonamides is 1. The molecule has 66 valence electrons. The molecule has 5 nitrogen and oxygen atoms in total. The highest BCUT2D eigenvalue weighted by Crippen LogP contribution is 2.14. The van der Waals surface area contributed by atoms with Gasteiger partial charge < -0.3 is 5.73 Å². The number of nitrogen functional groups attached to an aromatic ring is 1. The lowest BCUT2D eigenvalue weighted by Gasteiger charge is -2.01. The molecule has 1 aromatic heterocycles. The van der Waals surface area contributed by atoms with Crippen LogP contribution < -0.4 is 10.9 Å². The van der Waals surface area contributed by atoms with Crippen LogP contribution in [0.15, 0.2) is 17.2 Å². The van der Waals surface area contributed by atoms with Gasteiger partial charge >= 0.3 is 0 Å². The van der Waals surface area contributed by atoms with Crippen molar-refractivity contribution in [1.82, 2.24) is 4.98 Å². The zero-order valence-corrected chi connectivity index (χ0v) is 7.30. The summed E-state index contributed by atoms with van der Waals surface area (Å²) in [7, 11) is -3.74. The van der Waals surface area contributed by atoms with Crippen LogP contribution in [0.3, 0.4) is 0 Å². The summed E-state index contributed by atoms with van der Waals surface area (Å²) < 4.78 is 21.7. The number of anilines is 1. The topological polar surface area (TPSA) is 99.1 Å². The molecule has 0 saturated heterocycles. The number of hydrogen-bond acceptors (Lipinski definition) is 4. The first-order valence-corrected chi connectivity index (χ1v) is 4.71. The quantitative estimate of drug-likeness (QED) is 0.626. The standard InChI is InChI=1S/C6H9N3O2S/c1-4-2-5(12(8,10)11)6(7)9-3-4/h2-3H,1H3,(H2,7,9)(H2,8,10,11). The number of rotatable bonds is 1. The minimum atomic E-state index is -3.74. The van der Waals surface area contributed by atoms with E-state index in [1.165, 1.54) is 12.3 Å². The van der Waals surface area contributed by atoms with Crippen molar-refractivity contribution in [2.75, 3.05) is 5.73 Å². The van der Waals surface area contributed by atoms with Crippen molar-refractivity contribution in [3.05, 3.63) is 17.8 Å². The van der Waals surface area contributed by atoms with Crippen molar-refractivity contribution >= 4 is 15.8 Å². The Hall–Kier alpha value is -1.14. The summed E-state index contributed by atoms with van der Waals surface area (Å²) in [6.45, 7) is 1.71. The summed E-state index contributed by atoms with van der Waals surface area (Å²) in [5.74, 6) is -0.0666. The number of hydrogen-bond donors (Lipinski definition) is 2. The Kier molecular flexibility index (Phi) is 2.03. The molecule has 1 rings (SSSR count). The molecule has 0 radical (unpaired) electrons. The molecule has 0 atom stereocenters. The third-order valence-corrected chi connectivity index (χ3v) is 2.27. The Balaban J connectivity index is 3.43. The predicted molar refractivity (Wildman–Crippen MR) is 44.8 cm³/mol. The molecule has 4 N–H and O–H groups in total. The van der Waals surface area contributed by atoms with E-state index in [9.17, 15) is 8.42 Å². The van der Waals surface area contributed by atoms with Gasteiger partial charge in [0.2, 0.25) is 10.0 Å². The molecule has 0 aliphatic heterocycles. The summed E-state index contributed by atoms with van der Waals surface area (Å²) in [6.07, 6.45) is 1.48. The second-order valence-electron chi connectivity index (χ2n) is 2.44. The van der Waals surface area contributed by atoms with Crippen molar-refractivity contribution in [3.63, 3.8) is 0 Å². The van der Waals surface area contributed by atoms with E-state index in [-0.39, 0.29) is 10.7 Å². The molecule has 0 bridgehead atoms. The highest BCUT2D eigenvalue weighted by atomic mass is 32.2. The maximum absolute atomic E-state index is 10.9. The van der Waals surface area contributed by atoms with Crippen LogP contribution >= 0.6 is 0 Å². The van der Waals surface area contributed by atoms with Gasteiger partial charge in [0.1, 0.15) is 10.7 Å². The number of pyridine rings is 1. The van der Waals surface area contributed by atoms with Gasteiger partial charge in [0, 0.05) is 6.20 Å². The van der Waals surface area contributed by atoms with Crippen LogP contribution in [-0.4, -0.2) is 13.4 Å². The van der Waals surface area contributed by atoms with E-state index in [1.807, 2.05) is 0 Å². The molecule has 0 amide bonds. The van der Waals surface area contributed by atoms with Gasteiger partial charge in [-0.2, -0.15) is 0 Å². The fraction of sp³-hybridized carbons (Fsp3) is 0.167. The van der Waals surface area contributed by atoms with E-state index in [2.05, 4.69) is 4.98 Å². The number of primary sulfonamides is 1. The van der Waals surface area contributed by atoms with Crippen LogP contribution in [0.25, 0.3) is 0 Å². The van der Waals surface area contributed by atoms with Gasteiger partial charge in [0.25, 0.3) is 0 Å². The van der Waals surface area contributed by atoms with Crippen molar-refractivity contribution in [3.8, 4) is 0 Å². The smallest absolute Gasteiger partial charge is 0.241 e. The second-order valence-corrected chi connectivity index (χ2v) is 3.97. The van der Waals surface area contributed by atoms with Gasteiger partial charge in [0.15, 0.2) is 0 Å². The Labute approximate surface area is 70.5 Å². The third-order valence-electron chi connectivity index (χ3n) is 1.33. The molecule has 12 heavy (non-hydrogen) atoms. The maximum Gasteiger partial charge on any atom is 0.241 e. The van der Waals surface area contributed by atoms with E-state index in [4.69, 9.17) is 10.9 Å². The first-order valence-electron chi connectivity index (χ1n) is 3.16. The average Bonchev–Trinajstić information content (AvgIpc) is 1.92. The van der Waals surface area contributed by atoms with Crippen LogP contribution in [0.5, 0.6) is 0 Å². The largest absolute Gasteiger partial charge is 0.383 e. The van der Waals surface area contributed by atoms with Gasteiger partial charge in [-0.3, -0.25) is 0 Å². The number of aryl methyl sites for hydroxylation is 1. The minimum Gasteiger partial charge on any atom is -0.383 e. The van der Waals surface area contributed by atoms with E-state index in [1.54, 1.807) is 6.92 Å². The molecule has 0 saturated carbocycles. The lowest BCUT2D eigenvalue weighted by atomic mass is 10.3. The lowest BCUT2D eigenvalue weighted by molar-refractivity contribution is 0.598. The SMILES string of the molecule is Cc1cnc(N)c(S(N)(=O)=O)c1. The zero-order valence-electron chi connectivity index (χ0n) is 6.48. The second kappa shape index (κ2) is 2.72. The van der Waals surface area contributed by atoms with Gasteiger partial charge in [-0.05, 0) is 18.6 Å². The van der Waals surface area contributed by atoms with E-state index >= 15 is 0 Å². The Morgan fingerprint density at radius 2 is 2.08 bits per heavy atom. The summed E-state index contributed by atoms with van der Waals surface area (Å²) in [4.78, 5) is 3.54. The van der Waals surface area contributed by atoms with Crippen LogP contribution in [0.4, 0.5) is 5.82 Å². The summed E-state index contributed by atoms with van der Waals surface area (Å²) in [5.41, 5.74) is 6.01. The van der Waals surface area contributed by atoms with Crippen LogP contribution in [0.1, 0.15) is 5.56 Å². The molecular formula is C6H9N3O2S.